The van der Waals surface area contributed by atoms with Gasteiger partial charge in [0.1, 0.15) is 0 Å². The fourth-order valence-corrected chi connectivity index (χ4v) is 1.53. The average molecular weight is 189 g/mol. The van der Waals surface area contributed by atoms with E-state index in [-0.39, 0.29) is 0 Å². The maximum atomic E-state index is 5.91. The SMILES string of the molecule is COSc1ccc(C)cc1Cl. The van der Waals surface area contributed by atoms with Crippen LogP contribution in [0.5, 0.6) is 0 Å². The second-order valence-electron chi connectivity index (χ2n) is 2.18. The summed E-state index contributed by atoms with van der Waals surface area (Å²) in [7, 11) is 1.63. The normalized spacial score (nSPS) is 10.1. The lowest BCUT2D eigenvalue weighted by molar-refractivity contribution is 0.490. The molecule has 0 atom stereocenters. The van der Waals surface area contributed by atoms with E-state index in [0.29, 0.717) is 0 Å². The Morgan fingerprint density at radius 2 is 2.18 bits per heavy atom. The Morgan fingerprint density at radius 3 is 2.73 bits per heavy atom. The van der Waals surface area contributed by atoms with Gasteiger partial charge in [0.25, 0.3) is 0 Å². The first-order valence-corrected chi connectivity index (χ1v) is 4.33. The lowest BCUT2D eigenvalue weighted by atomic mass is 10.2. The maximum Gasteiger partial charge on any atom is 0.0567 e. The summed E-state index contributed by atoms with van der Waals surface area (Å²) in [4.78, 5) is 0.958. The van der Waals surface area contributed by atoms with Crippen LogP contribution in [0.15, 0.2) is 23.1 Å². The Bertz CT molecular complexity index is 250. The highest BCUT2D eigenvalue weighted by molar-refractivity contribution is 7.94. The summed E-state index contributed by atoms with van der Waals surface area (Å²) in [5.74, 6) is 0. The van der Waals surface area contributed by atoms with Crippen molar-refractivity contribution in [1.29, 1.82) is 0 Å². The first-order valence-electron chi connectivity index (χ1n) is 3.21. The van der Waals surface area contributed by atoms with Gasteiger partial charge in [0.15, 0.2) is 0 Å². The molecule has 0 radical (unpaired) electrons. The Hall–Kier alpha value is -0.180. The first kappa shape index (κ1) is 8.91. The van der Waals surface area contributed by atoms with Gasteiger partial charge in [0.2, 0.25) is 0 Å². The minimum Gasteiger partial charge on any atom is -0.314 e. The Morgan fingerprint density at radius 1 is 1.45 bits per heavy atom. The van der Waals surface area contributed by atoms with Crippen molar-refractivity contribution in [2.75, 3.05) is 7.11 Å². The minimum atomic E-state index is 0.747. The molecule has 1 rings (SSSR count). The summed E-state index contributed by atoms with van der Waals surface area (Å²) in [6.45, 7) is 2.01. The van der Waals surface area contributed by atoms with Gasteiger partial charge in [-0.05, 0) is 24.6 Å². The molecule has 0 spiro atoms. The molecule has 1 aromatic rings. The second kappa shape index (κ2) is 4.00. The van der Waals surface area contributed by atoms with Gasteiger partial charge in [-0.15, -0.1) is 0 Å². The largest absolute Gasteiger partial charge is 0.314 e. The molecule has 0 aliphatic carbocycles. The van der Waals surface area contributed by atoms with Gasteiger partial charge in [-0.3, -0.25) is 0 Å². The summed E-state index contributed by atoms with van der Waals surface area (Å²) in [6.07, 6.45) is 0. The fourth-order valence-electron chi connectivity index (χ4n) is 0.763. The highest BCUT2D eigenvalue weighted by Crippen LogP contribution is 2.27. The summed E-state index contributed by atoms with van der Waals surface area (Å²) >= 11 is 7.19. The van der Waals surface area contributed by atoms with E-state index in [9.17, 15) is 0 Å². The number of halogens is 1. The molecule has 11 heavy (non-hydrogen) atoms. The molecule has 0 heterocycles. The van der Waals surface area contributed by atoms with Crippen LogP contribution in [-0.2, 0) is 4.18 Å². The molecule has 1 aromatic carbocycles. The first-order chi connectivity index (χ1) is 5.24. The van der Waals surface area contributed by atoms with Gasteiger partial charge in [0, 0.05) is 12.0 Å². The third kappa shape index (κ3) is 2.40. The number of hydrogen-bond acceptors (Lipinski definition) is 2. The quantitative estimate of drug-likeness (QED) is 0.659. The third-order valence-corrected chi connectivity index (χ3v) is 2.39. The van der Waals surface area contributed by atoms with Crippen LogP contribution in [-0.4, -0.2) is 7.11 Å². The fraction of sp³-hybridized carbons (Fsp3) is 0.250. The highest BCUT2D eigenvalue weighted by Gasteiger charge is 1.99. The number of rotatable bonds is 2. The van der Waals surface area contributed by atoms with Crippen LogP contribution in [0, 0.1) is 6.92 Å². The molecule has 0 saturated carbocycles. The van der Waals surface area contributed by atoms with Crippen LogP contribution in [0.2, 0.25) is 5.02 Å². The van der Waals surface area contributed by atoms with E-state index >= 15 is 0 Å². The van der Waals surface area contributed by atoms with Crippen molar-refractivity contribution >= 4 is 23.6 Å². The molecule has 0 amide bonds. The van der Waals surface area contributed by atoms with E-state index in [1.165, 1.54) is 12.0 Å². The Balaban J connectivity index is 2.90. The van der Waals surface area contributed by atoms with Crippen LogP contribution in [0.25, 0.3) is 0 Å². The minimum absolute atomic E-state index is 0.747. The zero-order valence-electron chi connectivity index (χ0n) is 6.43. The smallest absolute Gasteiger partial charge is 0.0567 e. The molecule has 0 aromatic heterocycles. The average Bonchev–Trinajstić information content (AvgIpc) is 1.95. The zero-order valence-corrected chi connectivity index (χ0v) is 8.00. The summed E-state index contributed by atoms with van der Waals surface area (Å²) in [5, 5.41) is 0.747. The van der Waals surface area contributed by atoms with Crippen molar-refractivity contribution < 1.29 is 4.18 Å². The van der Waals surface area contributed by atoms with Gasteiger partial charge >= 0.3 is 0 Å². The van der Waals surface area contributed by atoms with E-state index in [1.54, 1.807) is 7.11 Å². The zero-order chi connectivity index (χ0) is 8.27. The van der Waals surface area contributed by atoms with E-state index < -0.39 is 0 Å². The molecule has 0 aliphatic rings. The lowest BCUT2D eigenvalue weighted by Crippen LogP contribution is -1.77. The Labute approximate surface area is 75.9 Å². The van der Waals surface area contributed by atoms with Crippen molar-refractivity contribution in [3.63, 3.8) is 0 Å². The molecular formula is C8H9ClOS. The van der Waals surface area contributed by atoms with E-state index in [4.69, 9.17) is 15.8 Å². The van der Waals surface area contributed by atoms with E-state index in [0.717, 1.165) is 15.5 Å². The third-order valence-electron chi connectivity index (χ3n) is 1.26. The van der Waals surface area contributed by atoms with Crippen LogP contribution in [0.4, 0.5) is 0 Å². The van der Waals surface area contributed by atoms with Crippen molar-refractivity contribution in [3.8, 4) is 0 Å². The molecule has 0 unspecified atom stereocenters. The molecule has 1 nitrogen and oxygen atoms in total. The maximum absolute atomic E-state index is 5.91. The van der Waals surface area contributed by atoms with Crippen molar-refractivity contribution in [2.45, 2.75) is 11.8 Å². The highest BCUT2D eigenvalue weighted by atomic mass is 35.5. The van der Waals surface area contributed by atoms with Crippen LogP contribution >= 0.6 is 23.6 Å². The molecule has 60 valence electrons. The molecule has 3 heteroatoms. The predicted octanol–water partition coefficient (Wildman–Crippen LogP) is 3.30. The molecule has 0 fully saturated rings. The summed E-state index contributed by atoms with van der Waals surface area (Å²) in [5.41, 5.74) is 1.16. The van der Waals surface area contributed by atoms with Crippen molar-refractivity contribution in [3.05, 3.63) is 28.8 Å². The number of aryl methyl sites for hydroxylation is 1. The number of benzene rings is 1. The van der Waals surface area contributed by atoms with Crippen LogP contribution in [0.1, 0.15) is 5.56 Å². The lowest BCUT2D eigenvalue weighted by Gasteiger charge is -2.01. The summed E-state index contributed by atoms with van der Waals surface area (Å²) in [6, 6.07) is 5.88. The standard InChI is InChI=1S/C8H9ClOS/c1-6-3-4-8(11-10-2)7(9)5-6/h3-5H,1-2H3. The van der Waals surface area contributed by atoms with E-state index in [2.05, 4.69) is 0 Å². The van der Waals surface area contributed by atoms with E-state index in [1.807, 2.05) is 25.1 Å². The predicted molar refractivity (Wildman–Crippen MR) is 49.1 cm³/mol. The van der Waals surface area contributed by atoms with Gasteiger partial charge in [0.05, 0.1) is 17.0 Å². The van der Waals surface area contributed by atoms with Gasteiger partial charge in [-0.1, -0.05) is 17.7 Å². The number of hydrogen-bond donors (Lipinski definition) is 0. The van der Waals surface area contributed by atoms with Crippen LogP contribution < -0.4 is 0 Å². The molecule has 0 bridgehead atoms. The second-order valence-corrected chi connectivity index (χ2v) is 3.53. The van der Waals surface area contributed by atoms with Crippen molar-refractivity contribution in [1.82, 2.24) is 0 Å². The molecule has 0 aliphatic heterocycles. The topological polar surface area (TPSA) is 9.23 Å². The molecule has 0 N–H and O–H groups in total. The van der Waals surface area contributed by atoms with Crippen molar-refractivity contribution in [2.24, 2.45) is 0 Å². The molecular weight excluding hydrogens is 180 g/mol. The summed E-state index contributed by atoms with van der Waals surface area (Å²) < 4.78 is 4.88. The van der Waals surface area contributed by atoms with Gasteiger partial charge < -0.3 is 4.18 Å². The monoisotopic (exact) mass is 188 g/mol. The van der Waals surface area contributed by atoms with Gasteiger partial charge in [-0.2, -0.15) is 0 Å². The Kier molecular flexibility index (Phi) is 3.24. The molecule has 0 saturated heterocycles. The van der Waals surface area contributed by atoms with Crippen LogP contribution in [0.3, 0.4) is 0 Å². The van der Waals surface area contributed by atoms with Gasteiger partial charge in [-0.25, -0.2) is 0 Å².